The number of hydrogen-bond donors (Lipinski definition) is 0. The van der Waals surface area contributed by atoms with Gasteiger partial charge in [-0.1, -0.05) is 25.8 Å². The molecule has 21 heavy (non-hydrogen) atoms. The molecule has 1 aromatic rings. The van der Waals surface area contributed by atoms with Gasteiger partial charge in [0.2, 0.25) is 0 Å². The number of benzene rings is 1. The van der Waals surface area contributed by atoms with Gasteiger partial charge in [-0.2, -0.15) is 13.2 Å². The second-order valence-electron chi connectivity index (χ2n) is 5.70. The molecule has 2 rings (SSSR count). The summed E-state index contributed by atoms with van der Waals surface area (Å²) in [5.74, 6) is 0.754. The van der Waals surface area contributed by atoms with Crippen LogP contribution in [0.1, 0.15) is 43.7 Å². The van der Waals surface area contributed by atoms with Crippen molar-refractivity contribution < 1.29 is 13.2 Å². The third-order valence-corrected chi connectivity index (χ3v) is 4.48. The minimum absolute atomic E-state index is 0.0991. The van der Waals surface area contributed by atoms with Crippen molar-refractivity contribution in [3.05, 3.63) is 29.3 Å². The van der Waals surface area contributed by atoms with Gasteiger partial charge in [-0.3, -0.25) is 0 Å². The molecule has 0 spiro atoms. The van der Waals surface area contributed by atoms with E-state index in [1.165, 1.54) is 12.5 Å². The Morgan fingerprint density at radius 1 is 1.24 bits per heavy atom. The van der Waals surface area contributed by atoms with Crippen LogP contribution >= 0.6 is 11.6 Å². The zero-order valence-corrected chi connectivity index (χ0v) is 13.0. The van der Waals surface area contributed by atoms with Crippen molar-refractivity contribution in [3.63, 3.8) is 0 Å². The highest BCUT2D eigenvalue weighted by Crippen LogP contribution is 2.39. The molecule has 1 saturated heterocycles. The number of anilines is 1. The average molecular weight is 320 g/mol. The first-order valence-electron chi connectivity index (χ1n) is 7.46. The van der Waals surface area contributed by atoms with Gasteiger partial charge in [-0.25, -0.2) is 0 Å². The van der Waals surface area contributed by atoms with Gasteiger partial charge < -0.3 is 4.90 Å². The third kappa shape index (κ3) is 4.06. The summed E-state index contributed by atoms with van der Waals surface area (Å²) in [5.41, 5.74) is 0.245. The molecule has 0 aliphatic carbocycles. The fraction of sp³-hybridized carbons (Fsp3) is 0.625. The lowest BCUT2D eigenvalue weighted by atomic mass is 9.92. The largest absolute Gasteiger partial charge is 0.418 e. The summed E-state index contributed by atoms with van der Waals surface area (Å²) in [4.78, 5) is 1.87. The third-order valence-electron chi connectivity index (χ3n) is 4.17. The number of hydrogen-bond acceptors (Lipinski definition) is 1. The molecular formula is C16H21ClF3N. The number of alkyl halides is 4. The lowest BCUT2D eigenvalue weighted by molar-refractivity contribution is -0.137. The Morgan fingerprint density at radius 3 is 2.43 bits per heavy atom. The first-order chi connectivity index (χ1) is 9.95. The quantitative estimate of drug-likeness (QED) is 0.666. The van der Waals surface area contributed by atoms with Gasteiger partial charge in [0.1, 0.15) is 0 Å². The van der Waals surface area contributed by atoms with Crippen molar-refractivity contribution >= 4 is 17.3 Å². The Bertz CT molecular complexity index is 465. The molecule has 1 nitrogen and oxygen atoms in total. The van der Waals surface area contributed by atoms with E-state index in [4.69, 9.17) is 11.6 Å². The highest BCUT2D eigenvalue weighted by Gasteiger charge is 2.35. The molecule has 0 aromatic heterocycles. The Balaban J connectivity index is 2.20. The molecule has 118 valence electrons. The van der Waals surface area contributed by atoms with E-state index < -0.39 is 11.7 Å². The van der Waals surface area contributed by atoms with Crippen molar-refractivity contribution in [1.29, 1.82) is 0 Å². The lowest BCUT2D eigenvalue weighted by Crippen LogP contribution is -2.35. The molecule has 0 atom stereocenters. The highest BCUT2D eigenvalue weighted by atomic mass is 35.5. The SMILES string of the molecule is CCCC1CCN(c2ccc(CCl)cc2C(F)(F)F)CC1. The smallest absolute Gasteiger partial charge is 0.371 e. The lowest BCUT2D eigenvalue weighted by Gasteiger charge is -2.35. The van der Waals surface area contributed by atoms with Crippen LogP contribution in [0.25, 0.3) is 0 Å². The topological polar surface area (TPSA) is 3.24 Å². The second-order valence-corrected chi connectivity index (χ2v) is 5.97. The van der Waals surface area contributed by atoms with Crippen LogP contribution in [0, 0.1) is 5.92 Å². The molecule has 1 aliphatic heterocycles. The van der Waals surface area contributed by atoms with Gasteiger partial charge in [0.25, 0.3) is 0 Å². The van der Waals surface area contributed by atoms with Crippen LogP contribution < -0.4 is 4.90 Å². The molecule has 0 bridgehead atoms. The fourth-order valence-electron chi connectivity index (χ4n) is 3.04. The van der Waals surface area contributed by atoms with E-state index in [-0.39, 0.29) is 5.88 Å². The first-order valence-corrected chi connectivity index (χ1v) is 8.00. The fourth-order valence-corrected chi connectivity index (χ4v) is 3.21. The van der Waals surface area contributed by atoms with Crippen molar-refractivity contribution in [1.82, 2.24) is 0 Å². The molecule has 1 fully saturated rings. The number of rotatable bonds is 4. The number of halogens is 4. The monoisotopic (exact) mass is 319 g/mol. The standard InChI is InChI=1S/C16H21ClF3N/c1-2-3-12-6-8-21(9-7-12)15-5-4-13(11-17)10-14(15)16(18,19)20/h4-5,10,12H,2-3,6-9,11H2,1H3. The maximum Gasteiger partial charge on any atom is 0.418 e. The van der Waals surface area contributed by atoms with Crippen molar-refractivity contribution in [2.24, 2.45) is 5.92 Å². The van der Waals surface area contributed by atoms with Crippen LogP contribution in [0.3, 0.4) is 0 Å². The van der Waals surface area contributed by atoms with Crippen LogP contribution in [-0.2, 0) is 12.1 Å². The highest BCUT2D eigenvalue weighted by molar-refractivity contribution is 6.17. The summed E-state index contributed by atoms with van der Waals surface area (Å²) in [6.45, 7) is 3.56. The Labute approximate surface area is 129 Å². The minimum atomic E-state index is -4.34. The van der Waals surface area contributed by atoms with Crippen LogP contribution in [0.15, 0.2) is 18.2 Å². The number of nitrogens with zero attached hydrogens (tertiary/aromatic N) is 1. The van der Waals surface area contributed by atoms with Crippen LogP contribution in [0.4, 0.5) is 18.9 Å². The van der Waals surface area contributed by atoms with Crippen molar-refractivity contribution in [2.45, 2.75) is 44.7 Å². The maximum absolute atomic E-state index is 13.2. The minimum Gasteiger partial charge on any atom is -0.371 e. The Hall–Kier alpha value is -0.900. The van der Waals surface area contributed by atoms with Gasteiger partial charge in [0, 0.05) is 24.7 Å². The molecule has 1 heterocycles. The van der Waals surface area contributed by atoms with Crippen LogP contribution in [0.5, 0.6) is 0 Å². The zero-order valence-electron chi connectivity index (χ0n) is 12.2. The van der Waals surface area contributed by atoms with Gasteiger partial charge in [0.05, 0.1) is 5.56 Å². The van der Waals surface area contributed by atoms with E-state index in [1.54, 1.807) is 12.1 Å². The van der Waals surface area contributed by atoms with Gasteiger partial charge in [-0.05, 0) is 36.5 Å². The first kappa shape index (κ1) is 16.5. The molecule has 0 radical (unpaired) electrons. The van der Waals surface area contributed by atoms with Crippen molar-refractivity contribution in [3.8, 4) is 0 Å². The van der Waals surface area contributed by atoms with E-state index in [0.717, 1.165) is 19.3 Å². The molecule has 1 aromatic carbocycles. The molecule has 5 heteroatoms. The number of piperidine rings is 1. The van der Waals surface area contributed by atoms with E-state index in [0.29, 0.717) is 30.3 Å². The van der Waals surface area contributed by atoms with E-state index in [1.807, 2.05) is 4.90 Å². The Kier molecular flexibility index (Phi) is 5.42. The summed E-state index contributed by atoms with van der Waals surface area (Å²) in [6.07, 6.45) is -0.0729. The summed E-state index contributed by atoms with van der Waals surface area (Å²) < 4.78 is 39.7. The van der Waals surface area contributed by atoms with E-state index in [2.05, 4.69) is 6.92 Å². The van der Waals surface area contributed by atoms with Gasteiger partial charge in [-0.15, -0.1) is 11.6 Å². The van der Waals surface area contributed by atoms with Crippen LogP contribution in [-0.4, -0.2) is 13.1 Å². The molecule has 0 amide bonds. The summed E-state index contributed by atoms with van der Waals surface area (Å²) in [7, 11) is 0. The van der Waals surface area contributed by atoms with E-state index in [9.17, 15) is 13.2 Å². The average Bonchev–Trinajstić information content (AvgIpc) is 2.47. The summed E-state index contributed by atoms with van der Waals surface area (Å²) in [6, 6.07) is 4.44. The van der Waals surface area contributed by atoms with E-state index >= 15 is 0 Å². The van der Waals surface area contributed by atoms with Gasteiger partial charge in [0.15, 0.2) is 0 Å². The molecule has 0 unspecified atom stereocenters. The molecule has 0 N–H and O–H groups in total. The molecule has 1 aliphatic rings. The second kappa shape index (κ2) is 6.91. The zero-order chi connectivity index (χ0) is 15.5. The molecular weight excluding hydrogens is 299 g/mol. The summed E-state index contributed by atoms with van der Waals surface area (Å²) >= 11 is 5.66. The van der Waals surface area contributed by atoms with Crippen LogP contribution in [0.2, 0.25) is 0 Å². The Morgan fingerprint density at radius 2 is 1.90 bits per heavy atom. The van der Waals surface area contributed by atoms with Gasteiger partial charge >= 0.3 is 6.18 Å². The van der Waals surface area contributed by atoms with Crippen molar-refractivity contribution in [2.75, 3.05) is 18.0 Å². The predicted octanol–water partition coefficient (Wildman–Crippen LogP) is 5.46. The normalized spacial score (nSPS) is 17.3. The molecule has 0 saturated carbocycles. The maximum atomic E-state index is 13.2. The summed E-state index contributed by atoms with van der Waals surface area (Å²) in [5, 5.41) is 0. The predicted molar refractivity (Wildman–Crippen MR) is 80.8 cm³/mol.